The number of ether oxygens (including phenoxy) is 2. The maximum Gasteiger partial charge on any atom is 0.320 e. The van der Waals surface area contributed by atoms with E-state index in [1.807, 2.05) is 0 Å². The van der Waals surface area contributed by atoms with E-state index in [0.29, 0.717) is 6.42 Å². The van der Waals surface area contributed by atoms with Gasteiger partial charge < -0.3 is 9.47 Å². The maximum atomic E-state index is 11.8. The minimum Gasteiger partial charge on any atom is -0.461 e. The molecule has 0 bridgehead atoms. The molecule has 0 unspecified atom stereocenters. The van der Waals surface area contributed by atoms with Gasteiger partial charge in [0.15, 0.2) is 5.92 Å². The summed E-state index contributed by atoms with van der Waals surface area (Å²) in [5, 5.41) is 0. The van der Waals surface area contributed by atoms with E-state index in [0.717, 1.165) is 25.7 Å². The van der Waals surface area contributed by atoms with E-state index >= 15 is 0 Å². The van der Waals surface area contributed by atoms with Crippen LogP contribution >= 0.6 is 0 Å². The predicted octanol–water partition coefficient (Wildman–Crippen LogP) is 3.42. The van der Waals surface area contributed by atoms with Gasteiger partial charge in [0, 0.05) is 0 Å². The van der Waals surface area contributed by atoms with Crippen LogP contribution in [-0.2, 0) is 19.1 Å². The normalized spacial score (nSPS) is 10.1. The number of carbonyl (C=O) groups is 2. The zero-order valence-corrected chi connectivity index (χ0v) is 12.4. The van der Waals surface area contributed by atoms with Crippen LogP contribution in [0.4, 0.5) is 0 Å². The van der Waals surface area contributed by atoms with Crippen molar-refractivity contribution in [3.05, 3.63) is 25.3 Å². The molecule has 0 aliphatic carbocycles. The molecule has 0 N–H and O–H groups in total. The molecule has 0 aliphatic rings. The number of unbranched alkanes of at least 4 members (excludes halogenated alkanes) is 4. The highest BCUT2D eigenvalue weighted by atomic mass is 16.6. The summed E-state index contributed by atoms with van der Waals surface area (Å²) in [6.07, 6.45) is 8.70. The molecule has 0 radical (unpaired) electrons. The summed E-state index contributed by atoms with van der Waals surface area (Å²) in [6, 6.07) is 0. The van der Waals surface area contributed by atoms with Crippen LogP contribution in [0.5, 0.6) is 0 Å². The predicted molar refractivity (Wildman–Crippen MR) is 79.2 cm³/mol. The Morgan fingerprint density at radius 3 is 1.90 bits per heavy atom. The molecule has 0 amide bonds. The third-order valence-corrected chi connectivity index (χ3v) is 2.85. The molecule has 0 saturated heterocycles. The lowest BCUT2D eigenvalue weighted by molar-refractivity contribution is -0.161. The highest BCUT2D eigenvalue weighted by molar-refractivity contribution is 5.94. The zero-order valence-electron chi connectivity index (χ0n) is 12.4. The van der Waals surface area contributed by atoms with E-state index in [9.17, 15) is 9.59 Å². The smallest absolute Gasteiger partial charge is 0.320 e. The standard InChI is InChI=1S/C16H26O4/c1-4-7-8-9-10-11-14(15(17)19-12-5-2)16(18)20-13-6-3/h5-6,14H,2-4,7-13H2,1H3. The summed E-state index contributed by atoms with van der Waals surface area (Å²) in [7, 11) is 0. The molecule has 0 aromatic carbocycles. The van der Waals surface area contributed by atoms with Crippen molar-refractivity contribution in [3.8, 4) is 0 Å². The van der Waals surface area contributed by atoms with Crippen molar-refractivity contribution < 1.29 is 19.1 Å². The second-order valence-electron chi connectivity index (χ2n) is 4.59. The lowest BCUT2D eigenvalue weighted by Gasteiger charge is -2.14. The molecule has 0 rings (SSSR count). The van der Waals surface area contributed by atoms with Gasteiger partial charge in [0.05, 0.1) is 0 Å². The van der Waals surface area contributed by atoms with Gasteiger partial charge >= 0.3 is 11.9 Å². The molecular weight excluding hydrogens is 256 g/mol. The second-order valence-corrected chi connectivity index (χ2v) is 4.59. The van der Waals surface area contributed by atoms with Gasteiger partial charge in [-0.25, -0.2) is 0 Å². The van der Waals surface area contributed by atoms with Crippen LogP contribution in [0.2, 0.25) is 0 Å². The summed E-state index contributed by atoms with van der Waals surface area (Å²) in [5.74, 6) is -1.90. The average molecular weight is 282 g/mol. The number of hydrogen-bond donors (Lipinski definition) is 0. The Morgan fingerprint density at radius 1 is 0.950 bits per heavy atom. The fourth-order valence-electron chi connectivity index (χ4n) is 1.77. The molecule has 0 spiro atoms. The third-order valence-electron chi connectivity index (χ3n) is 2.85. The third kappa shape index (κ3) is 8.51. The molecule has 0 heterocycles. The van der Waals surface area contributed by atoms with Gasteiger partial charge in [-0.05, 0) is 6.42 Å². The summed E-state index contributed by atoms with van der Waals surface area (Å²) >= 11 is 0. The van der Waals surface area contributed by atoms with E-state index in [2.05, 4.69) is 20.1 Å². The fraction of sp³-hybridized carbons (Fsp3) is 0.625. The molecular formula is C16H26O4. The molecule has 0 aromatic heterocycles. The minimum atomic E-state index is -0.837. The molecule has 20 heavy (non-hydrogen) atoms. The molecule has 114 valence electrons. The highest BCUT2D eigenvalue weighted by Crippen LogP contribution is 2.15. The van der Waals surface area contributed by atoms with Crippen LogP contribution in [-0.4, -0.2) is 25.2 Å². The van der Waals surface area contributed by atoms with E-state index < -0.39 is 17.9 Å². The van der Waals surface area contributed by atoms with Crippen LogP contribution in [0.3, 0.4) is 0 Å². The molecule has 4 nitrogen and oxygen atoms in total. The van der Waals surface area contributed by atoms with E-state index in [4.69, 9.17) is 9.47 Å². The van der Waals surface area contributed by atoms with Gasteiger partial charge in [-0.15, -0.1) is 0 Å². The van der Waals surface area contributed by atoms with Gasteiger partial charge in [0.25, 0.3) is 0 Å². The molecule has 4 heteroatoms. The molecule has 0 aromatic rings. The Hall–Kier alpha value is -1.58. The fourth-order valence-corrected chi connectivity index (χ4v) is 1.77. The Bertz CT molecular complexity index is 286. The first kappa shape index (κ1) is 18.4. The lowest BCUT2D eigenvalue weighted by Crippen LogP contribution is -2.28. The monoisotopic (exact) mass is 282 g/mol. The molecule has 0 saturated carbocycles. The molecule has 0 aliphatic heterocycles. The van der Waals surface area contributed by atoms with Gasteiger partial charge in [-0.1, -0.05) is 64.3 Å². The van der Waals surface area contributed by atoms with Gasteiger partial charge in [0.2, 0.25) is 0 Å². The van der Waals surface area contributed by atoms with Crippen molar-refractivity contribution in [1.82, 2.24) is 0 Å². The maximum absolute atomic E-state index is 11.8. The van der Waals surface area contributed by atoms with Crippen LogP contribution in [0.25, 0.3) is 0 Å². The lowest BCUT2D eigenvalue weighted by atomic mass is 10.0. The van der Waals surface area contributed by atoms with Gasteiger partial charge in [0.1, 0.15) is 13.2 Å². The summed E-state index contributed by atoms with van der Waals surface area (Å²) in [5.41, 5.74) is 0. The van der Waals surface area contributed by atoms with Crippen molar-refractivity contribution in [2.75, 3.05) is 13.2 Å². The van der Waals surface area contributed by atoms with Crippen LogP contribution < -0.4 is 0 Å². The van der Waals surface area contributed by atoms with E-state index in [1.165, 1.54) is 18.6 Å². The summed E-state index contributed by atoms with van der Waals surface area (Å²) < 4.78 is 9.90. The van der Waals surface area contributed by atoms with E-state index in [1.54, 1.807) is 0 Å². The minimum absolute atomic E-state index is 0.111. The van der Waals surface area contributed by atoms with Crippen LogP contribution in [0.1, 0.15) is 45.4 Å². The summed E-state index contributed by atoms with van der Waals surface area (Å²) in [4.78, 5) is 23.7. The van der Waals surface area contributed by atoms with Crippen molar-refractivity contribution >= 4 is 11.9 Å². The Morgan fingerprint density at radius 2 is 1.45 bits per heavy atom. The first-order valence-corrected chi connectivity index (χ1v) is 7.22. The number of hydrogen-bond acceptors (Lipinski definition) is 4. The summed E-state index contributed by atoms with van der Waals surface area (Å²) in [6.45, 7) is 9.31. The largest absolute Gasteiger partial charge is 0.461 e. The van der Waals surface area contributed by atoms with Crippen LogP contribution in [0, 0.1) is 5.92 Å². The Balaban J connectivity index is 4.29. The Kier molecular flexibility index (Phi) is 11.5. The number of carbonyl (C=O) groups excluding carboxylic acids is 2. The van der Waals surface area contributed by atoms with Gasteiger partial charge in [-0.2, -0.15) is 0 Å². The quantitative estimate of drug-likeness (QED) is 0.238. The number of rotatable bonds is 12. The van der Waals surface area contributed by atoms with E-state index in [-0.39, 0.29) is 13.2 Å². The zero-order chi connectivity index (χ0) is 15.2. The molecule has 0 fully saturated rings. The first-order valence-electron chi connectivity index (χ1n) is 7.22. The van der Waals surface area contributed by atoms with Crippen molar-refractivity contribution in [3.63, 3.8) is 0 Å². The van der Waals surface area contributed by atoms with Crippen molar-refractivity contribution in [1.29, 1.82) is 0 Å². The topological polar surface area (TPSA) is 52.6 Å². The van der Waals surface area contributed by atoms with Crippen LogP contribution in [0.15, 0.2) is 25.3 Å². The second kappa shape index (κ2) is 12.5. The van der Waals surface area contributed by atoms with Gasteiger partial charge in [-0.3, -0.25) is 9.59 Å². The first-order chi connectivity index (χ1) is 9.67. The molecule has 0 atom stereocenters. The van der Waals surface area contributed by atoms with Crippen molar-refractivity contribution in [2.45, 2.75) is 45.4 Å². The SMILES string of the molecule is C=CCOC(=O)C(CCCCCCC)C(=O)OCC=C. The average Bonchev–Trinajstić information content (AvgIpc) is 2.46. The Labute approximate surface area is 121 Å². The number of esters is 2. The van der Waals surface area contributed by atoms with Crippen molar-refractivity contribution in [2.24, 2.45) is 5.92 Å². The highest BCUT2D eigenvalue weighted by Gasteiger charge is 2.28.